The van der Waals surface area contributed by atoms with Gasteiger partial charge in [-0.2, -0.15) is 18.4 Å². The molecular formula is C23H26F3N3O4S. The highest BCUT2D eigenvalue weighted by Gasteiger charge is 2.64. The molecule has 0 bridgehead atoms. The Kier molecular flexibility index (Phi) is 7.03. The third kappa shape index (κ3) is 4.78. The molecule has 1 amide bonds. The van der Waals surface area contributed by atoms with E-state index >= 15 is 0 Å². The number of amides is 1. The number of carbonyl (C=O) groups is 2. The van der Waals surface area contributed by atoms with Crippen molar-refractivity contribution in [3.63, 3.8) is 0 Å². The smallest absolute Gasteiger partial charge is 0.441 e. The molecule has 0 fully saturated rings. The number of halogens is 3. The second kappa shape index (κ2) is 9.33. The van der Waals surface area contributed by atoms with Crippen molar-refractivity contribution in [2.24, 2.45) is 11.3 Å². The SMILES string of the molecule is CCOC(=O)[C@@](NC(=O)c1ccco1)(Nc1sc2c(c1C#N)CC[C@H](C(C)(C)C)C2)C(F)(F)F. The number of rotatable bonds is 6. The molecule has 3 rings (SSSR count). The van der Waals surface area contributed by atoms with E-state index in [1.165, 1.54) is 19.1 Å². The van der Waals surface area contributed by atoms with Crippen molar-refractivity contribution in [1.29, 1.82) is 5.26 Å². The summed E-state index contributed by atoms with van der Waals surface area (Å²) in [4.78, 5) is 26.1. The second-order valence-electron chi connectivity index (χ2n) is 9.15. The molecule has 0 unspecified atom stereocenters. The molecule has 0 aromatic carbocycles. The summed E-state index contributed by atoms with van der Waals surface area (Å²) in [5, 5.41) is 13.5. The molecule has 2 atom stereocenters. The van der Waals surface area contributed by atoms with Crippen LogP contribution >= 0.6 is 11.3 Å². The number of anilines is 1. The van der Waals surface area contributed by atoms with Crippen molar-refractivity contribution in [3.05, 3.63) is 40.2 Å². The number of esters is 1. The number of thiophene rings is 1. The topological polar surface area (TPSA) is 104 Å². The summed E-state index contributed by atoms with van der Waals surface area (Å²) < 4.78 is 53.1. The van der Waals surface area contributed by atoms with Gasteiger partial charge in [0.25, 0.3) is 5.91 Å². The van der Waals surface area contributed by atoms with Crippen molar-refractivity contribution in [1.82, 2.24) is 5.32 Å². The van der Waals surface area contributed by atoms with Crippen molar-refractivity contribution in [2.75, 3.05) is 11.9 Å². The van der Waals surface area contributed by atoms with Gasteiger partial charge >= 0.3 is 17.8 Å². The lowest BCUT2D eigenvalue weighted by molar-refractivity contribution is -0.204. The second-order valence-corrected chi connectivity index (χ2v) is 10.3. The van der Waals surface area contributed by atoms with Crippen LogP contribution < -0.4 is 10.6 Å². The number of hydrogen-bond donors (Lipinski definition) is 2. The van der Waals surface area contributed by atoms with Crippen LogP contribution in [-0.2, 0) is 22.4 Å². The summed E-state index contributed by atoms with van der Waals surface area (Å²) in [5.41, 5.74) is -2.93. The van der Waals surface area contributed by atoms with Crippen LogP contribution in [0.4, 0.5) is 18.2 Å². The van der Waals surface area contributed by atoms with Gasteiger partial charge in [0.15, 0.2) is 5.76 Å². The number of carbonyl (C=O) groups excluding carboxylic acids is 2. The summed E-state index contributed by atoms with van der Waals surface area (Å²) in [6.45, 7) is 7.29. The molecule has 0 saturated carbocycles. The Labute approximate surface area is 199 Å². The van der Waals surface area contributed by atoms with Crippen LogP contribution in [0.1, 0.15) is 60.7 Å². The highest BCUT2D eigenvalue weighted by atomic mass is 32.1. The molecule has 0 spiro atoms. The Morgan fingerprint density at radius 3 is 2.56 bits per heavy atom. The highest BCUT2D eigenvalue weighted by Crippen LogP contribution is 2.45. The zero-order valence-electron chi connectivity index (χ0n) is 19.3. The Morgan fingerprint density at radius 1 is 1.32 bits per heavy atom. The van der Waals surface area contributed by atoms with Crippen LogP contribution in [0.2, 0.25) is 0 Å². The summed E-state index contributed by atoms with van der Waals surface area (Å²) in [6.07, 6.45) is -2.26. The van der Waals surface area contributed by atoms with Crippen molar-refractivity contribution >= 4 is 28.2 Å². The van der Waals surface area contributed by atoms with E-state index in [2.05, 4.69) is 26.1 Å². The first-order chi connectivity index (χ1) is 15.8. The van der Waals surface area contributed by atoms with Crippen LogP contribution in [0, 0.1) is 22.7 Å². The number of nitriles is 1. The molecule has 2 N–H and O–H groups in total. The number of nitrogens with zero attached hydrogens (tertiary/aromatic N) is 1. The summed E-state index contributed by atoms with van der Waals surface area (Å²) >= 11 is 0.993. The molecule has 0 saturated heterocycles. The van der Waals surface area contributed by atoms with E-state index in [1.54, 1.807) is 5.32 Å². The van der Waals surface area contributed by atoms with Gasteiger partial charge < -0.3 is 19.8 Å². The van der Waals surface area contributed by atoms with Crippen LogP contribution in [0.15, 0.2) is 22.8 Å². The van der Waals surface area contributed by atoms with E-state index in [4.69, 9.17) is 9.15 Å². The van der Waals surface area contributed by atoms with Crippen LogP contribution in [-0.4, -0.2) is 30.3 Å². The number of nitrogens with one attached hydrogen (secondary N) is 2. The number of fused-ring (bicyclic) bond motifs is 1. The van der Waals surface area contributed by atoms with Gasteiger partial charge in [-0.3, -0.25) is 4.79 Å². The predicted molar refractivity (Wildman–Crippen MR) is 119 cm³/mol. The first kappa shape index (κ1) is 25.6. The molecule has 1 aliphatic carbocycles. The van der Waals surface area contributed by atoms with Crippen molar-refractivity contribution in [3.8, 4) is 6.07 Å². The molecular weight excluding hydrogens is 471 g/mol. The molecule has 184 valence electrons. The Hall–Kier alpha value is -3.00. The Balaban J connectivity index is 2.08. The fourth-order valence-corrected chi connectivity index (χ4v) is 5.30. The zero-order chi connectivity index (χ0) is 25.3. The lowest BCUT2D eigenvalue weighted by atomic mass is 9.72. The number of hydrogen-bond acceptors (Lipinski definition) is 7. The van der Waals surface area contributed by atoms with Gasteiger partial charge in [0.1, 0.15) is 11.1 Å². The van der Waals surface area contributed by atoms with Gasteiger partial charge in [-0.15, -0.1) is 11.3 Å². The van der Waals surface area contributed by atoms with Crippen LogP contribution in [0.5, 0.6) is 0 Å². The van der Waals surface area contributed by atoms with E-state index in [1.807, 2.05) is 6.07 Å². The van der Waals surface area contributed by atoms with Crippen molar-refractivity contribution in [2.45, 2.75) is 58.8 Å². The third-order valence-electron chi connectivity index (χ3n) is 5.96. The van der Waals surface area contributed by atoms with Crippen LogP contribution in [0.3, 0.4) is 0 Å². The van der Waals surface area contributed by atoms with E-state index in [0.29, 0.717) is 18.4 Å². The third-order valence-corrected chi connectivity index (χ3v) is 7.13. The summed E-state index contributed by atoms with van der Waals surface area (Å²) in [6, 6.07) is 4.47. The minimum absolute atomic E-state index is 0.0141. The Bertz CT molecular complexity index is 1100. The largest absolute Gasteiger partial charge is 0.463 e. The monoisotopic (exact) mass is 497 g/mol. The average molecular weight is 498 g/mol. The van der Waals surface area contributed by atoms with Gasteiger partial charge in [-0.1, -0.05) is 20.8 Å². The van der Waals surface area contributed by atoms with Crippen molar-refractivity contribution < 1.29 is 31.9 Å². The minimum Gasteiger partial charge on any atom is -0.463 e. The van der Waals surface area contributed by atoms with Gasteiger partial charge in [0.2, 0.25) is 0 Å². The molecule has 1 aliphatic rings. The van der Waals surface area contributed by atoms with E-state index in [-0.39, 0.29) is 28.5 Å². The van der Waals surface area contributed by atoms with Gasteiger partial charge in [-0.05, 0) is 55.2 Å². The Morgan fingerprint density at radius 2 is 2.03 bits per heavy atom. The maximum Gasteiger partial charge on any atom is 0.441 e. The maximum absolute atomic E-state index is 14.5. The summed E-state index contributed by atoms with van der Waals surface area (Å²) in [5.74, 6) is -3.14. The molecule has 34 heavy (non-hydrogen) atoms. The quantitative estimate of drug-likeness (QED) is 0.429. The lowest BCUT2D eigenvalue weighted by Gasteiger charge is -2.34. The summed E-state index contributed by atoms with van der Waals surface area (Å²) in [7, 11) is 0. The van der Waals surface area contributed by atoms with E-state index in [9.17, 15) is 28.0 Å². The molecule has 0 radical (unpaired) electrons. The van der Waals surface area contributed by atoms with Gasteiger partial charge in [0, 0.05) is 4.88 Å². The maximum atomic E-state index is 14.5. The van der Waals surface area contributed by atoms with Crippen LogP contribution in [0.25, 0.3) is 0 Å². The molecule has 0 aliphatic heterocycles. The number of ether oxygens (including phenoxy) is 1. The fraction of sp³-hybridized carbons (Fsp3) is 0.522. The molecule has 11 heteroatoms. The van der Waals surface area contributed by atoms with Gasteiger partial charge in [-0.25, -0.2) is 4.79 Å². The molecule has 2 heterocycles. The predicted octanol–water partition coefficient (Wildman–Crippen LogP) is 5.03. The minimum atomic E-state index is -5.31. The standard InChI is InChI=1S/C23H26F3N3O4S/c1-5-32-20(31)22(23(24,25)26,28-18(30)16-7-6-10-33-16)29-19-15(12-27)14-9-8-13(21(2,3)4)11-17(14)34-19/h6-7,10,13,29H,5,8-9,11H2,1-4H3,(H,28,30)/t13-,22+/m0/s1. The van der Waals surface area contributed by atoms with E-state index < -0.39 is 29.5 Å². The lowest BCUT2D eigenvalue weighted by Crippen LogP contribution is -2.69. The van der Waals surface area contributed by atoms with Gasteiger partial charge in [0.05, 0.1) is 18.4 Å². The normalized spacial score (nSPS) is 17.8. The average Bonchev–Trinajstić information content (AvgIpc) is 3.39. The molecule has 2 aromatic heterocycles. The first-order valence-electron chi connectivity index (χ1n) is 10.8. The van der Waals surface area contributed by atoms with E-state index in [0.717, 1.165) is 28.9 Å². The highest BCUT2D eigenvalue weighted by molar-refractivity contribution is 7.16. The number of furan rings is 1. The fourth-order valence-electron chi connectivity index (χ4n) is 3.97. The first-order valence-corrected chi connectivity index (χ1v) is 11.6. The number of alkyl halides is 3. The molecule has 2 aromatic rings. The zero-order valence-corrected chi connectivity index (χ0v) is 20.1. The molecule has 7 nitrogen and oxygen atoms in total.